The van der Waals surface area contributed by atoms with Crippen LogP contribution in [0, 0.1) is 0 Å². The number of hydrogen-bond donors (Lipinski definition) is 1. The molecule has 0 spiro atoms. The van der Waals surface area contributed by atoms with Gasteiger partial charge >= 0.3 is 0 Å². The van der Waals surface area contributed by atoms with Crippen molar-refractivity contribution in [1.82, 2.24) is 4.57 Å². The molecule has 0 amide bonds. The van der Waals surface area contributed by atoms with Crippen LogP contribution in [0.5, 0.6) is 0 Å². The Labute approximate surface area is 142 Å². The van der Waals surface area contributed by atoms with Gasteiger partial charge in [-0.15, -0.1) is 0 Å². The van der Waals surface area contributed by atoms with Crippen molar-refractivity contribution in [3.8, 4) is 0 Å². The van der Waals surface area contributed by atoms with E-state index >= 15 is 0 Å². The topological polar surface area (TPSA) is 25.2 Å². The molecule has 2 nitrogen and oxygen atoms in total. The molecule has 0 fully saturated rings. The summed E-state index contributed by atoms with van der Waals surface area (Å²) in [7, 11) is 2.09. The third-order valence-electron chi connectivity index (χ3n) is 4.87. The number of benzene rings is 3. The van der Waals surface area contributed by atoms with E-state index in [1.54, 1.807) is 0 Å². The Bertz CT molecular complexity index is 985. The van der Waals surface area contributed by atoms with Gasteiger partial charge in [-0.3, -0.25) is 0 Å². The Morgan fingerprint density at radius 2 is 1.54 bits per heavy atom. The summed E-state index contributed by atoms with van der Waals surface area (Å²) in [5.74, 6) is 0. The molecule has 1 N–H and O–H groups in total. The summed E-state index contributed by atoms with van der Waals surface area (Å²) >= 11 is 0. The highest BCUT2D eigenvalue weighted by Gasteiger charge is 2.12. The van der Waals surface area contributed by atoms with Gasteiger partial charge in [-0.25, -0.2) is 0 Å². The third kappa shape index (κ3) is 2.59. The van der Waals surface area contributed by atoms with Crippen LogP contribution in [-0.4, -0.2) is 9.67 Å². The smallest absolute Gasteiger partial charge is 0.0793 e. The lowest BCUT2D eigenvalue weighted by atomic mass is 9.99. The minimum Gasteiger partial charge on any atom is -0.388 e. The Kier molecular flexibility index (Phi) is 3.83. The molecule has 1 atom stereocenters. The van der Waals surface area contributed by atoms with Crippen LogP contribution in [-0.2, 0) is 13.5 Å². The zero-order chi connectivity index (χ0) is 16.5. The van der Waals surface area contributed by atoms with Gasteiger partial charge in [0.1, 0.15) is 0 Å². The van der Waals surface area contributed by atoms with Crippen molar-refractivity contribution in [3.63, 3.8) is 0 Å². The lowest BCUT2D eigenvalue weighted by molar-refractivity contribution is 0.168. The minimum atomic E-state index is -0.437. The number of aliphatic hydroxyl groups is 1. The maximum Gasteiger partial charge on any atom is 0.0793 e. The maximum absolute atomic E-state index is 10.6. The van der Waals surface area contributed by atoms with Crippen molar-refractivity contribution in [2.45, 2.75) is 18.9 Å². The van der Waals surface area contributed by atoms with E-state index in [1.807, 2.05) is 18.2 Å². The van der Waals surface area contributed by atoms with Gasteiger partial charge in [-0.05, 0) is 42.2 Å². The summed E-state index contributed by atoms with van der Waals surface area (Å²) in [5.41, 5.74) is 4.69. The molecule has 120 valence electrons. The van der Waals surface area contributed by atoms with Gasteiger partial charge in [0.15, 0.2) is 0 Å². The average molecular weight is 315 g/mol. The van der Waals surface area contributed by atoms with Gasteiger partial charge in [0.05, 0.1) is 6.10 Å². The monoisotopic (exact) mass is 315 g/mol. The second-order valence-electron chi connectivity index (χ2n) is 6.39. The summed E-state index contributed by atoms with van der Waals surface area (Å²) in [5, 5.41) is 13.1. The zero-order valence-electron chi connectivity index (χ0n) is 13.8. The second-order valence-corrected chi connectivity index (χ2v) is 6.39. The van der Waals surface area contributed by atoms with E-state index in [2.05, 4.69) is 66.2 Å². The van der Waals surface area contributed by atoms with Crippen LogP contribution in [0.3, 0.4) is 0 Å². The van der Waals surface area contributed by atoms with Crippen molar-refractivity contribution in [3.05, 3.63) is 83.9 Å². The Balaban J connectivity index is 1.66. The summed E-state index contributed by atoms with van der Waals surface area (Å²) in [6, 6.07) is 25.1. The summed E-state index contributed by atoms with van der Waals surface area (Å²) < 4.78 is 2.21. The van der Waals surface area contributed by atoms with Crippen LogP contribution in [0.2, 0.25) is 0 Å². The SMILES string of the molecule is Cn1c2ccccc2c2cc(C(O)CCc3ccccc3)ccc21. The van der Waals surface area contributed by atoms with Gasteiger partial charge in [0.25, 0.3) is 0 Å². The third-order valence-corrected chi connectivity index (χ3v) is 4.87. The first-order chi connectivity index (χ1) is 11.7. The molecule has 0 saturated heterocycles. The highest BCUT2D eigenvalue weighted by molar-refractivity contribution is 6.08. The molecule has 0 aliphatic carbocycles. The van der Waals surface area contributed by atoms with Crippen LogP contribution >= 0.6 is 0 Å². The first kappa shape index (κ1) is 15.0. The molecule has 0 aliphatic heterocycles. The standard InChI is InChI=1S/C22H21NO/c1-23-20-10-6-5-9-18(20)19-15-17(12-13-21(19)23)22(24)14-11-16-7-3-2-4-8-16/h2-10,12-13,15,22,24H,11,14H2,1H3. The number of para-hydroxylation sites is 1. The van der Waals surface area contributed by atoms with Crippen molar-refractivity contribution in [2.75, 3.05) is 0 Å². The van der Waals surface area contributed by atoms with Crippen LogP contribution in [0.1, 0.15) is 23.7 Å². The molecule has 1 unspecified atom stereocenters. The highest BCUT2D eigenvalue weighted by atomic mass is 16.3. The number of aliphatic hydroxyl groups excluding tert-OH is 1. The molecule has 4 rings (SSSR count). The van der Waals surface area contributed by atoms with Crippen LogP contribution in [0.25, 0.3) is 21.8 Å². The molecule has 3 aromatic carbocycles. The summed E-state index contributed by atoms with van der Waals surface area (Å²) in [6.45, 7) is 0. The number of rotatable bonds is 4. The van der Waals surface area contributed by atoms with Gasteiger partial charge in [0, 0.05) is 28.9 Å². The first-order valence-corrected chi connectivity index (χ1v) is 8.43. The number of nitrogens with zero attached hydrogens (tertiary/aromatic N) is 1. The van der Waals surface area contributed by atoms with Crippen molar-refractivity contribution in [1.29, 1.82) is 0 Å². The van der Waals surface area contributed by atoms with Crippen molar-refractivity contribution < 1.29 is 5.11 Å². The molecule has 4 aromatic rings. The predicted molar refractivity (Wildman–Crippen MR) is 100 cm³/mol. The zero-order valence-corrected chi connectivity index (χ0v) is 13.8. The van der Waals surface area contributed by atoms with Gasteiger partial charge < -0.3 is 9.67 Å². The molecule has 0 aliphatic rings. The number of aromatic nitrogens is 1. The summed E-state index contributed by atoms with van der Waals surface area (Å²) in [6.07, 6.45) is 1.18. The Hall–Kier alpha value is -2.58. The van der Waals surface area contributed by atoms with E-state index in [0.717, 1.165) is 18.4 Å². The van der Waals surface area contributed by atoms with Gasteiger partial charge in [-0.2, -0.15) is 0 Å². The van der Waals surface area contributed by atoms with E-state index in [4.69, 9.17) is 0 Å². The Morgan fingerprint density at radius 3 is 2.38 bits per heavy atom. The molecule has 2 heteroatoms. The fourth-order valence-corrected chi connectivity index (χ4v) is 3.51. The molecule has 1 heterocycles. The van der Waals surface area contributed by atoms with Gasteiger partial charge in [0.2, 0.25) is 0 Å². The molecule has 24 heavy (non-hydrogen) atoms. The molecular weight excluding hydrogens is 294 g/mol. The van der Waals surface area contributed by atoms with E-state index in [-0.39, 0.29) is 0 Å². The lowest BCUT2D eigenvalue weighted by Gasteiger charge is -2.11. The quantitative estimate of drug-likeness (QED) is 0.563. The fraction of sp³-hybridized carbons (Fsp3) is 0.182. The first-order valence-electron chi connectivity index (χ1n) is 8.43. The number of fused-ring (bicyclic) bond motifs is 3. The second kappa shape index (κ2) is 6.14. The van der Waals surface area contributed by atoms with Crippen molar-refractivity contribution in [2.24, 2.45) is 7.05 Å². The van der Waals surface area contributed by atoms with E-state index in [1.165, 1.54) is 27.4 Å². The molecule has 0 saturated carbocycles. The molecule has 0 bridgehead atoms. The Morgan fingerprint density at radius 1 is 0.833 bits per heavy atom. The minimum absolute atomic E-state index is 0.437. The van der Waals surface area contributed by atoms with E-state index in [9.17, 15) is 5.11 Å². The van der Waals surface area contributed by atoms with Crippen molar-refractivity contribution >= 4 is 21.8 Å². The number of hydrogen-bond acceptors (Lipinski definition) is 1. The summed E-state index contributed by atoms with van der Waals surface area (Å²) in [4.78, 5) is 0. The fourth-order valence-electron chi connectivity index (χ4n) is 3.51. The number of aryl methyl sites for hydroxylation is 2. The van der Waals surface area contributed by atoms with Crippen LogP contribution in [0.4, 0.5) is 0 Å². The predicted octanol–water partition coefficient (Wildman–Crippen LogP) is 5.00. The largest absolute Gasteiger partial charge is 0.388 e. The van der Waals surface area contributed by atoms with Crippen LogP contribution < -0.4 is 0 Å². The molecule has 0 radical (unpaired) electrons. The van der Waals surface area contributed by atoms with Crippen LogP contribution in [0.15, 0.2) is 72.8 Å². The normalized spacial score (nSPS) is 12.8. The average Bonchev–Trinajstić information content (AvgIpc) is 2.93. The van der Waals surface area contributed by atoms with E-state index < -0.39 is 6.10 Å². The molecule has 1 aromatic heterocycles. The van der Waals surface area contributed by atoms with Gasteiger partial charge in [-0.1, -0.05) is 54.6 Å². The van der Waals surface area contributed by atoms with E-state index in [0.29, 0.717) is 0 Å². The molecular formula is C22H21NO. The maximum atomic E-state index is 10.6. The highest BCUT2D eigenvalue weighted by Crippen LogP contribution is 2.31. The lowest BCUT2D eigenvalue weighted by Crippen LogP contribution is -1.99.